The van der Waals surface area contributed by atoms with Crippen molar-refractivity contribution in [2.45, 2.75) is 19.0 Å². The van der Waals surface area contributed by atoms with Gasteiger partial charge >= 0.3 is 0 Å². The number of fused-ring (bicyclic) bond motifs is 1. The van der Waals surface area contributed by atoms with Crippen LogP contribution < -0.4 is 5.32 Å². The summed E-state index contributed by atoms with van der Waals surface area (Å²) in [6, 6.07) is 13.6. The van der Waals surface area contributed by atoms with E-state index in [4.69, 9.17) is 23.2 Å². The molecule has 1 atom stereocenters. The maximum absolute atomic E-state index is 12.3. The van der Waals surface area contributed by atoms with Crippen molar-refractivity contribution in [1.82, 2.24) is 10.2 Å². The summed E-state index contributed by atoms with van der Waals surface area (Å²) in [5.41, 5.74) is 3.12. The molecule has 1 heterocycles. The average molecular weight is 349 g/mol. The molecule has 0 spiro atoms. The summed E-state index contributed by atoms with van der Waals surface area (Å²) in [6.45, 7) is 1.47. The van der Waals surface area contributed by atoms with E-state index in [-0.39, 0.29) is 11.9 Å². The zero-order valence-corrected chi connectivity index (χ0v) is 14.4. The third-order valence-electron chi connectivity index (χ3n) is 4.29. The first-order chi connectivity index (χ1) is 11.0. The number of benzene rings is 2. The maximum Gasteiger partial charge on any atom is 0.252 e. The van der Waals surface area contributed by atoms with Crippen molar-refractivity contribution in [3.05, 3.63) is 69.2 Å². The molecule has 120 valence electrons. The minimum absolute atomic E-state index is 0.190. The molecule has 5 heteroatoms. The number of rotatable bonds is 3. The number of carbonyl (C=O) groups excluding carboxylic acids is 1. The van der Waals surface area contributed by atoms with Gasteiger partial charge in [0.05, 0.1) is 10.6 Å². The van der Waals surface area contributed by atoms with Gasteiger partial charge in [-0.15, -0.1) is 0 Å². The van der Waals surface area contributed by atoms with Gasteiger partial charge in [-0.1, -0.05) is 47.5 Å². The molecule has 1 aliphatic rings. The molecule has 1 N–H and O–H groups in total. The standard InChI is InChI=1S/C18H18Cl2N2O/c1-22-11-13-5-3-2-4-12(13)8-15(22)10-21-18(23)16-9-14(19)6-7-17(16)20/h2-7,9,15H,8,10-11H2,1H3,(H,21,23). The van der Waals surface area contributed by atoms with E-state index >= 15 is 0 Å². The summed E-state index contributed by atoms with van der Waals surface area (Å²) in [5, 5.41) is 3.89. The van der Waals surface area contributed by atoms with E-state index in [1.165, 1.54) is 11.1 Å². The number of likely N-dealkylation sites (N-methyl/N-ethyl adjacent to an activating group) is 1. The van der Waals surface area contributed by atoms with Gasteiger partial charge in [0, 0.05) is 24.2 Å². The number of carbonyl (C=O) groups is 1. The van der Waals surface area contributed by atoms with Crippen molar-refractivity contribution in [2.75, 3.05) is 13.6 Å². The van der Waals surface area contributed by atoms with Crippen LogP contribution in [0.1, 0.15) is 21.5 Å². The van der Waals surface area contributed by atoms with Gasteiger partial charge in [0.2, 0.25) is 0 Å². The monoisotopic (exact) mass is 348 g/mol. The zero-order chi connectivity index (χ0) is 16.4. The predicted molar refractivity (Wildman–Crippen MR) is 94.2 cm³/mol. The first-order valence-electron chi connectivity index (χ1n) is 7.55. The Hall–Kier alpha value is -1.55. The number of nitrogens with one attached hydrogen (secondary N) is 1. The van der Waals surface area contributed by atoms with Crippen LogP contribution in [-0.2, 0) is 13.0 Å². The van der Waals surface area contributed by atoms with Gasteiger partial charge in [-0.3, -0.25) is 9.69 Å². The molecule has 2 aromatic carbocycles. The lowest BCUT2D eigenvalue weighted by atomic mass is 9.94. The molecule has 0 radical (unpaired) electrons. The van der Waals surface area contributed by atoms with Crippen molar-refractivity contribution in [2.24, 2.45) is 0 Å². The van der Waals surface area contributed by atoms with Gasteiger partial charge in [0.1, 0.15) is 0 Å². The Bertz CT molecular complexity index is 733. The molecule has 2 aromatic rings. The highest BCUT2D eigenvalue weighted by Crippen LogP contribution is 2.23. The summed E-state index contributed by atoms with van der Waals surface area (Å²) in [6.07, 6.45) is 0.927. The Kier molecular flexibility index (Phi) is 4.90. The number of amides is 1. The predicted octanol–water partition coefficient (Wildman–Crippen LogP) is 3.78. The highest BCUT2D eigenvalue weighted by Gasteiger charge is 2.23. The lowest BCUT2D eigenvalue weighted by Crippen LogP contribution is -2.45. The van der Waals surface area contributed by atoms with Gasteiger partial charge in [-0.25, -0.2) is 0 Å². The quantitative estimate of drug-likeness (QED) is 0.915. The Balaban J connectivity index is 1.66. The van der Waals surface area contributed by atoms with E-state index in [2.05, 4.69) is 41.5 Å². The van der Waals surface area contributed by atoms with Crippen LogP contribution in [0.5, 0.6) is 0 Å². The van der Waals surface area contributed by atoms with E-state index in [9.17, 15) is 4.79 Å². The molecule has 0 saturated carbocycles. The molecule has 1 aliphatic heterocycles. The lowest BCUT2D eigenvalue weighted by molar-refractivity contribution is 0.0934. The summed E-state index contributed by atoms with van der Waals surface area (Å²) in [4.78, 5) is 14.6. The highest BCUT2D eigenvalue weighted by atomic mass is 35.5. The first-order valence-corrected chi connectivity index (χ1v) is 8.30. The second-order valence-corrected chi connectivity index (χ2v) is 6.72. The molecule has 0 aliphatic carbocycles. The topological polar surface area (TPSA) is 32.3 Å². The van der Waals surface area contributed by atoms with Crippen LogP contribution in [0.25, 0.3) is 0 Å². The summed E-state index contributed by atoms with van der Waals surface area (Å²) in [5.74, 6) is -0.190. The Morgan fingerprint density at radius 3 is 2.74 bits per heavy atom. The SMILES string of the molecule is CN1Cc2ccccc2CC1CNC(=O)c1cc(Cl)ccc1Cl. The molecule has 3 rings (SSSR count). The van der Waals surface area contributed by atoms with Crippen LogP contribution >= 0.6 is 23.2 Å². The lowest BCUT2D eigenvalue weighted by Gasteiger charge is -2.34. The smallest absolute Gasteiger partial charge is 0.252 e. The largest absolute Gasteiger partial charge is 0.350 e. The highest BCUT2D eigenvalue weighted by molar-refractivity contribution is 6.35. The molecule has 1 unspecified atom stereocenters. The van der Waals surface area contributed by atoms with Crippen molar-refractivity contribution in [1.29, 1.82) is 0 Å². The Labute approximate surface area is 146 Å². The van der Waals surface area contributed by atoms with Crippen LogP contribution in [0.4, 0.5) is 0 Å². The normalized spacial score (nSPS) is 17.6. The summed E-state index contributed by atoms with van der Waals surface area (Å²) >= 11 is 12.0. The van der Waals surface area contributed by atoms with Crippen LogP contribution in [0.2, 0.25) is 10.0 Å². The average Bonchev–Trinajstić information content (AvgIpc) is 2.54. The van der Waals surface area contributed by atoms with Crippen LogP contribution in [0, 0.1) is 0 Å². The third-order valence-corrected chi connectivity index (χ3v) is 4.85. The number of nitrogens with zero attached hydrogens (tertiary/aromatic N) is 1. The number of hydrogen-bond donors (Lipinski definition) is 1. The fourth-order valence-electron chi connectivity index (χ4n) is 2.92. The first kappa shape index (κ1) is 16.3. The van der Waals surface area contributed by atoms with Crippen molar-refractivity contribution in [3.8, 4) is 0 Å². The van der Waals surface area contributed by atoms with Crippen LogP contribution in [-0.4, -0.2) is 30.4 Å². The van der Waals surface area contributed by atoms with Crippen molar-refractivity contribution < 1.29 is 4.79 Å². The van der Waals surface area contributed by atoms with Gasteiger partial charge in [-0.2, -0.15) is 0 Å². The third kappa shape index (κ3) is 3.69. The molecular weight excluding hydrogens is 331 g/mol. The molecule has 23 heavy (non-hydrogen) atoms. The Morgan fingerprint density at radius 2 is 1.96 bits per heavy atom. The molecular formula is C18H18Cl2N2O. The van der Waals surface area contributed by atoms with E-state index in [0.29, 0.717) is 22.2 Å². The van der Waals surface area contributed by atoms with E-state index in [1.54, 1.807) is 18.2 Å². The van der Waals surface area contributed by atoms with E-state index < -0.39 is 0 Å². The van der Waals surface area contributed by atoms with Gasteiger partial charge < -0.3 is 5.32 Å². The fraction of sp³-hybridized carbons (Fsp3) is 0.278. The van der Waals surface area contributed by atoms with Crippen molar-refractivity contribution in [3.63, 3.8) is 0 Å². The molecule has 0 aromatic heterocycles. The minimum atomic E-state index is -0.190. The van der Waals surface area contributed by atoms with Crippen LogP contribution in [0.3, 0.4) is 0 Å². The maximum atomic E-state index is 12.3. The molecule has 0 bridgehead atoms. The number of halogens is 2. The molecule has 0 fully saturated rings. The van der Waals surface area contributed by atoms with E-state index in [0.717, 1.165) is 13.0 Å². The van der Waals surface area contributed by atoms with Crippen molar-refractivity contribution >= 4 is 29.1 Å². The minimum Gasteiger partial charge on any atom is -0.350 e. The second-order valence-electron chi connectivity index (χ2n) is 5.88. The second kappa shape index (κ2) is 6.91. The molecule has 3 nitrogen and oxygen atoms in total. The van der Waals surface area contributed by atoms with Crippen LogP contribution in [0.15, 0.2) is 42.5 Å². The van der Waals surface area contributed by atoms with Gasteiger partial charge in [0.15, 0.2) is 0 Å². The summed E-state index contributed by atoms with van der Waals surface area (Å²) in [7, 11) is 2.08. The fourth-order valence-corrected chi connectivity index (χ4v) is 3.30. The summed E-state index contributed by atoms with van der Waals surface area (Å²) < 4.78 is 0. The number of hydrogen-bond acceptors (Lipinski definition) is 2. The zero-order valence-electron chi connectivity index (χ0n) is 12.9. The van der Waals surface area contributed by atoms with Gasteiger partial charge in [-0.05, 0) is 42.8 Å². The van der Waals surface area contributed by atoms with E-state index in [1.807, 2.05) is 0 Å². The Morgan fingerprint density at radius 1 is 1.22 bits per heavy atom. The molecule has 0 saturated heterocycles. The van der Waals surface area contributed by atoms with Gasteiger partial charge in [0.25, 0.3) is 5.91 Å². The molecule has 1 amide bonds.